The summed E-state index contributed by atoms with van der Waals surface area (Å²) in [6.07, 6.45) is -0.154. The molecule has 1 aliphatic heterocycles. The molecule has 0 amide bonds. The maximum absolute atomic E-state index is 13.5. The lowest BCUT2D eigenvalue weighted by Crippen LogP contribution is -2.68. The first-order valence-electron chi connectivity index (χ1n) is 17.7. The number of hydrogen-bond donors (Lipinski definition) is 0. The van der Waals surface area contributed by atoms with Crippen molar-refractivity contribution in [2.75, 3.05) is 12.9 Å². The molecule has 0 N–H and O–H groups in total. The quantitative estimate of drug-likeness (QED) is 0.131. The third kappa shape index (κ3) is 8.13. The highest BCUT2D eigenvalue weighted by atomic mass is 32.2. The molecule has 8 atom stereocenters. The van der Waals surface area contributed by atoms with Gasteiger partial charge in [-0.2, -0.15) is 0 Å². The van der Waals surface area contributed by atoms with Gasteiger partial charge in [0.05, 0.1) is 36.2 Å². The SMILES string of the molecule is CC[C@@H](O[Si](c1ccccc1)(c1ccccc1)C(C)(C)C)[C@H](C)[C@@H]1OC(c2ccc(OC)cc2)O[C@@H]([C@H](C)CS(=O)c2ccccc2)[C@@H]1C. The van der Waals surface area contributed by atoms with Crippen molar-refractivity contribution in [3.05, 3.63) is 121 Å². The van der Waals surface area contributed by atoms with E-state index in [2.05, 4.69) is 109 Å². The van der Waals surface area contributed by atoms with Crippen LogP contribution in [0, 0.1) is 17.8 Å². The predicted octanol–water partition coefficient (Wildman–Crippen LogP) is 8.55. The Balaban J connectivity index is 1.51. The van der Waals surface area contributed by atoms with E-state index < -0.39 is 25.4 Å². The summed E-state index contributed by atoms with van der Waals surface area (Å²) in [5.41, 5.74) is 0.937. The highest BCUT2D eigenvalue weighted by molar-refractivity contribution is 7.85. The van der Waals surface area contributed by atoms with E-state index in [1.165, 1.54) is 10.4 Å². The van der Waals surface area contributed by atoms with Crippen molar-refractivity contribution >= 4 is 29.5 Å². The van der Waals surface area contributed by atoms with Crippen molar-refractivity contribution in [1.82, 2.24) is 0 Å². The molecule has 0 bridgehead atoms. The summed E-state index contributed by atoms with van der Waals surface area (Å²) in [5, 5.41) is 2.40. The van der Waals surface area contributed by atoms with Crippen LogP contribution in [-0.4, -0.2) is 43.7 Å². The van der Waals surface area contributed by atoms with Gasteiger partial charge in [0, 0.05) is 28.0 Å². The standard InChI is InChI=1S/C42H54O5SSi/c1-9-38(47-49(42(5,6)7,36-21-15-11-16-22-36)37-23-17-12-18-24-37)31(3)40-32(4)39(30(2)29-48(43)35-19-13-10-14-20-35)45-41(46-40)33-25-27-34(44-8)28-26-33/h10-28,30-32,38-41H,9,29H2,1-8H3/t30-,31+,32+,38-,39+,40+,41?,48?/m1/s1. The van der Waals surface area contributed by atoms with Crippen LogP contribution in [0.2, 0.25) is 5.04 Å². The molecule has 1 fully saturated rings. The Bertz CT molecular complexity index is 1570. The summed E-state index contributed by atoms with van der Waals surface area (Å²) in [4.78, 5) is 0.843. The lowest BCUT2D eigenvalue weighted by Gasteiger charge is -2.49. The van der Waals surface area contributed by atoms with Crippen LogP contribution >= 0.6 is 0 Å². The zero-order valence-electron chi connectivity index (χ0n) is 30.4. The molecule has 4 aromatic rings. The third-order valence-electron chi connectivity index (χ3n) is 10.2. The van der Waals surface area contributed by atoms with Gasteiger partial charge < -0.3 is 18.6 Å². The van der Waals surface area contributed by atoms with Gasteiger partial charge in [-0.1, -0.05) is 139 Å². The summed E-state index contributed by atoms with van der Waals surface area (Å²) in [6, 6.07) is 39.3. The molecule has 1 heterocycles. The van der Waals surface area contributed by atoms with Crippen LogP contribution < -0.4 is 15.1 Å². The van der Waals surface area contributed by atoms with Gasteiger partial charge in [-0.05, 0) is 52.0 Å². The van der Waals surface area contributed by atoms with Gasteiger partial charge in [-0.25, -0.2) is 0 Å². The summed E-state index contributed by atoms with van der Waals surface area (Å²) < 4.78 is 40.5. The van der Waals surface area contributed by atoms with Crippen LogP contribution in [0.25, 0.3) is 0 Å². The monoisotopic (exact) mass is 698 g/mol. The average Bonchev–Trinajstić information content (AvgIpc) is 3.12. The fourth-order valence-electron chi connectivity index (χ4n) is 7.62. The Labute approximate surface area is 297 Å². The number of rotatable bonds is 13. The van der Waals surface area contributed by atoms with Gasteiger partial charge in [0.15, 0.2) is 6.29 Å². The maximum atomic E-state index is 13.5. The minimum absolute atomic E-state index is 0.0214. The van der Waals surface area contributed by atoms with Gasteiger partial charge in [0.1, 0.15) is 5.75 Å². The molecule has 1 saturated heterocycles. The van der Waals surface area contributed by atoms with Crippen LogP contribution in [0.15, 0.2) is 120 Å². The van der Waals surface area contributed by atoms with E-state index in [0.717, 1.165) is 22.6 Å². The lowest BCUT2D eigenvalue weighted by atomic mass is 9.81. The molecule has 0 spiro atoms. The zero-order chi connectivity index (χ0) is 35.2. The molecular formula is C42H54O5SSi. The number of ether oxygens (including phenoxy) is 3. The van der Waals surface area contributed by atoms with E-state index in [-0.39, 0.29) is 41.1 Å². The second-order valence-electron chi connectivity index (χ2n) is 14.6. The van der Waals surface area contributed by atoms with Crippen molar-refractivity contribution in [2.24, 2.45) is 17.8 Å². The molecule has 5 rings (SSSR count). The van der Waals surface area contributed by atoms with Gasteiger partial charge in [0.25, 0.3) is 8.32 Å². The topological polar surface area (TPSA) is 54.0 Å². The first-order valence-corrected chi connectivity index (χ1v) is 20.9. The van der Waals surface area contributed by atoms with E-state index >= 15 is 0 Å². The Hall–Kier alpha value is -3.07. The smallest absolute Gasteiger partial charge is 0.261 e. The van der Waals surface area contributed by atoms with E-state index in [4.69, 9.17) is 18.6 Å². The van der Waals surface area contributed by atoms with Crippen molar-refractivity contribution < 1.29 is 22.8 Å². The summed E-state index contributed by atoms with van der Waals surface area (Å²) in [6.45, 7) is 15.9. The van der Waals surface area contributed by atoms with Crippen molar-refractivity contribution in [3.8, 4) is 5.75 Å². The average molecular weight is 699 g/mol. The van der Waals surface area contributed by atoms with E-state index in [1.807, 2.05) is 54.6 Å². The van der Waals surface area contributed by atoms with Gasteiger partial charge >= 0.3 is 0 Å². The summed E-state index contributed by atoms with van der Waals surface area (Å²) >= 11 is 0. The van der Waals surface area contributed by atoms with Crippen molar-refractivity contribution in [1.29, 1.82) is 0 Å². The molecule has 2 unspecified atom stereocenters. The number of hydrogen-bond acceptors (Lipinski definition) is 5. The normalized spacial score (nSPS) is 22.5. The van der Waals surface area contributed by atoms with Gasteiger partial charge in [-0.3, -0.25) is 4.21 Å². The highest BCUT2D eigenvalue weighted by Crippen LogP contribution is 2.43. The molecule has 7 heteroatoms. The Morgan fingerprint density at radius 1 is 0.776 bits per heavy atom. The molecule has 1 aliphatic rings. The maximum Gasteiger partial charge on any atom is 0.261 e. The second-order valence-corrected chi connectivity index (χ2v) is 20.3. The molecule has 0 aromatic heterocycles. The van der Waals surface area contributed by atoms with E-state index in [1.54, 1.807) is 7.11 Å². The van der Waals surface area contributed by atoms with Crippen LogP contribution in [0.4, 0.5) is 0 Å². The Morgan fingerprint density at radius 2 is 1.29 bits per heavy atom. The molecule has 262 valence electrons. The van der Waals surface area contributed by atoms with Crippen molar-refractivity contribution in [3.63, 3.8) is 0 Å². The highest BCUT2D eigenvalue weighted by Gasteiger charge is 2.53. The minimum Gasteiger partial charge on any atom is -0.497 e. The molecular weight excluding hydrogens is 645 g/mol. The molecule has 4 aromatic carbocycles. The first kappa shape index (κ1) is 37.2. The third-order valence-corrected chi connectivity index (χ3v) is 16.9. The molecule has 49 heavy (non-hydrogen) atoms. The van der Waals surface area contributed by atoms with Crippen LogP contribution in [0.5, 0.6) is 5.75 Å². The molecule has 0 aliphatic carbocycles. The minimum atomic E-state index is -2.81. The Kier molecular flexibility index (Phi) is 12.4. The van der Waals surface area contributed by atoms with Crippen molar-refractivity contribution in [2.45, 2.75) is 89.4 Å². The summed E-state index contributed by atoms with van der Waals surface area (Å²) in [5.74, 6) is 1.38. The molecule has 0 radical (unpaired) electrons. The Morgan fingerprint density at radius 3 is 1.78 bits per heavy atom. The van der Waals surface area contributed by atoms with Gasteiger partial charge in [0.2, 0.25) is 0 Å². The lowest BCUT2D eigenvalue weighted by molar-refractivity contribution is -0.292. The van der Waals surface area contributed by atoms with Gasteiger partial charge in [-0.15, -0.1) is 0 Å². The van der Waals surface area contributed by atoms with E-state index in [9.17, 15) is 4.21 Å². The van der Waals surface area contributed by atoms with E-state index in [0.29, 0.717) is 5.75 Å². The van der Waals surface area contributed by atoms with Crippen LogP contribution in [0.3, 0.4) is 0 Å². The largest absolute Gasteiger partial charge is 0.497 e. The summed E-state index contributed by atoms with van der Waals surface area (Å²) in [7, 11) is -2.29. The van der Waals surface area contributed by atoms with Crippen LogP contribution in [0.1, 0.15) is 66.7 Å². The molecule has 0 saturated carbocycles. The number of methoxy groups -OCH3 is 1. The second kappa shape index (κ2) is 16.3. The fourth-order valence-corrected chi connectivity index (χ4v) is 13.8. The first-order chi connectivity index (χ1) is 23.5. The molecule has 5 nitrogen and oxygen atoms in total. The zero-order valence-corrected chi connectivity index (χ0v) is 32.2. The van der Waals surface area contributed by atoms with Crippen LogP contribution in [-0.2, 0) is 24.7 Å². The predicted molar refractivity (Wildman–Crippen MR) is 203 cm³/mol. The fraction of sp³-hybridized carbons (Fsp3) is 0.429. The number of benzene rings is 4.